The molecule has 1 amide bonds. The van der Waals surface area contributed by atoms with Gasteiger partial charge in [-0.2, -0.15) is 0 Å². The number of amides is 1. The van der Waals surface area contributed by atoms with Gasteiger partial charge < -0.3 is 15.6 Å². The monoisotopic (exact) mass is 210 g/mol. The first-order valence-corrected chi connectivity index (χ1v) is 5.17. The fraction of sp³-hybridized carbons (Fsp3) is 0.600. The molecule has 0 aromatic carbocycles. The lowest BCUT2D eigenvalue weighted by Crippen LogP contribution is -2.17. The molecule has 0 aliphatic carbocycles. The van der Waals surface area contributed by atoms with Crippen LogP contribution in [0, 0.1) is 0 Å². The molecule has 1 heterocycles. The molecule has 3 N–H and O–H groups in total. The summed E-state index contributed by atoms with van der Waals surface area (Å²) in [4.78, 5) is 15.2. The van der Waals surface area contributed by atoms with Crippen molar-refractivity contribution in [3.8, 4) is 0 Å². The highest BCUT2D eigenvalue weighted by Gasteiger charge is 2.00. The number of carbonyl (C=O) groups excluding carboxylic acids is 1. The third-order valence-electron chi connectivity index (χ3n) is 2.19. The Morgan fingerprint density at radius 2 is 2.47 bits per heavy atom. The number of hydrogen-bond acceptors (Lipinski definition) is 3. The lowest BCUT2D eigenvalue weighted by Gasteiger charge is -2.01. The lowest BCUT2D eigenvalue weighted by atomic mass is 10.3. The van der Waals surface area contributed by atoms with Gasteiger partial charge in [0.1, 0.15) is 0 Å². The van der Waals surface area contributed by atoms with E-state index in [9.17, 15) is 4.79 Å². The Morgan fingerprint density at radius 3 is 3.13 bits per heavy atom. The number of nitrogens with one attached hydrogen (secondary N) is 1. The summed E-state index contributed by atoms with van der Waals surface area (Å²) in [6.45, 7) is 1.44. The summed E-state index contributed by atoms with van der Waals surface area (Å²) in [6, 6.07) is 0. The first kappa shape index (κ1) is 11.7. The summed E-state index contributed by atoms with van der Waals surface area (Å²) >= 11 is 0. The molecule has 15 heavy (non-hydrogen) atoms. The minimum Gasteiger partial charge on any atom is -0.359 e. The predicted octanol–water partition coefficient (Wildman–Crippen LogP) is -0.0895. The van der Waals surface area contributed by atoms with Crippen LogP contribution in [-0.4, -0.2) is 29.1 Å². The van der Waals surface area contributed by atoms with Gasteiger partial charge >= 0.3 is 0 Å². The van der Waals surface area contributed by atoms with E-state index in [1.165, 1.54) is 0 Å². The van der Waals surface area contributed by atoms with Gasteiger partial charge in [-0.15, -0.1) is 0 Å². The molecule has 0 spiro atoms. The van der Waals surface area contributed by atoms with E-state index in [0.717, 1.165) is 25.1 Å². The van der Waals surface area contributed by atoms with Crippen LogP contribution in [0.2, 0.25) is 0 Å². The van der Waals surface area contributed by atoms with Crippen LogP contribution < -0.4 is 11.1 Å². The lowest BCUT2D eigenvalue weighted by molar-refractivity contribution is -0.120. The van der Waals surface area contributed by atoms with E-state index in [1.807, 2.05) is 10.8 Å². The zero-order chi connectivity index (χ0) is 11.1. The van der Waals surface area contributed by atoms with Crippen molar-refractivity contribution in [2.45, 2.75) is 25.8 Å². The number of nitrogens with zero attached hydrogens (tertiary/aromatic N) is 2. The van der Waals surface area contributed by atoms with Crippen molar-refractivity contribution in [1.82, 2.24) is 14.9 Å². The Morgan fingerprint density at radius 1 is 1.67 bits per heavy atom. The van der Waals surface area contributed by atoms with Gasteiger partial charge in [-0.05, 0) is 13.0 Å². The molecule has 0 saturated heterocycles. The standard InChI is InChI=1S/C10H18N4O/c1-12-10(15)3-2-6-14-7-9(4-5-11)13-8-14/h7-8H,2-6,11H2,1H3,(H,12,15). The third-order valence-corrected chi connectivity index (χ3v) is 2.19. The maximum Gasteiger partial charge on any atom is 0.219 e. The number of hydrogen-bond donors (Lipinski definition) is 2. The molecule has 0 aliphatic rings. The zero-order valence-electron chi connectivity index (χ0n) is 9.07. The molecule has 0 aliphatic heterocycles. The van der Waals surface area contributed by atoms with Crippen LogP contribution in [0.15, 0.2) is 12.5 Å². The highest BCUT2D eigenvalue weighted by atomic mass is 16.1. The normalized spacial score (nSPS) is 10.3. The van der Waals surface area contributed by atoms with E-state index in [-0.39, 0.29) is 5.91 Å². The minimum atomic E-state index is 0.0808. The number of imidazole rings is 1. The van der Waals surface area contributed by atoms with Gasteiger partial charge in [0.15, 0.2) is 0 Å². The summed E-state index contributed by atoms with van der Waals surface area (Å²) < 4.78 is 1.99. The molecule has 5 heteroatoms. The minimum absolute atomic E-state index is 0.0808. The molecule has 0 radical (unpaired) electrons. The van der Waals surface area contributed by atoms with Gasteiger partial charge in [0, 0.05) is 32.6 Å². The van der Waals surface area contributed by atoms with Gasteiger partial charge in [0.2, 0.25) is 5.91 Å². The maximum atomic E-state index is 11.0. The van der Waals surface area contributed by atoms with Crippen LogP contribution in [0.4, 0.5) is 0 Å². The molecule has 0 fully saturated rings. The molecule has 84 valence electrons. The largest absolute Gasteiger partial charge is 0.359 e. The molecular formula is C10H18N4O. The predicted molar refractivity (Wildman–Crippen MR) is 58.3 cm³/mol. The Balaban J connectivity index is 2.28. The molecule has 0 saturated carbocycles. The van der Waals surface area contributed by atoms with Crippen molar-refractivity contribution >= 4 is 5.91 Å². The van der Waals surface area contributed by atoms with Crippen molar-refractivity contribution in [3.05, 3.63) is 18.2 Å². The van der Waals surface area contributed by atoms with Crippen LogP contribution in [0.5, 0.6) is 0 Å². The number of nitrogens with two attached hydrogens (primary N) is 1. The summed E-state index contributed by atoms with van der Waals surface area (Å²) in [5.41, 5.74) is 6.44. The molecular weight excluding hydrogens is 192 g/mol. The van der Waals surface area contributed by atoms with Crippen molar-refractivity contribution in [3.63, 3.8) is 0 Å². The van der Waals surface area contributed by atoms with Gasteiger partial charge in [-0.1, -0.05) is 0 Å². The second-order valence-electron chi connectivity index (χ2n) is 3.42. The van der Waals surface area contributed by atoms with Crippen LogP contribution in [-0.2, 0) is 17.8 Å². The van der Waals surface area contributed by atoms with Crippen LogP contribution in [0.25, 0.3) is 0 Å². The average molecular weight is 210 g/mol. The number of aromatic nitrogens is 2. The van der Waals surface area contributed by atoms with Gasteiger partial charge in [0.25, 0.3) is 0 Å². The van der Waals surface area contributed by atoms with Gasteiger partial charge in [-0.3, -0.25) is 4.79 Å². The van der Waals surface area contributed by atoms with Crippen molar-refractivity contribution in [2.24, 2.45) is 5.73 Å². The van der Waals surface area contributed by atoms with Crippen LogP contribution in [0.3, 0.4) is 0 Å². The fourth-order valence-electron chi connectivity index (χ4n) is 1.35. The second kappa shape index (κ2) is 6.19. The molecule has 1 rings (SSSR count). The third kappa shape index (κ3) is 4.12. The van der Waals surface area contributed by atoms with Gasteiger partial charge in [-0.25, -0.2) is 4.98 Å². The fourth-order valence-corrected chi connectivity index (χ4v) is 1.35. The highest BCUT2D eigenvalue weighted by molar-refractivity contribution is 5.75. The highest BCUT2D eigenvalue weighted by Crippen LogP contribution is 1.99. The van der Waals surface area contributed by atoms with Crippen molar-refractivity contribution in [2.75, 3.05) is 13.6 Å². The quantitative estimate of drug-likeness (QED) is 0.689. The van der Waals surface area contributed by atoms with E-state index in [4.69, 9.17) is 5.73 Å². The smallest absolute Gasteiger partial charge is 0.219 e. The number of carbonyl (C=O) groups is 1. The SMILES string of the molecule is CNC(=O)CCCn1cnc(CCN)c1. The molecule has 0 bridgehead atoms. The summed E-state index contributed by atoms with van der Waals surface area (Å²) in [6.07, 6.45) is 5.97. The maximum absolute atomic E-state index is 11.0. The van der Waals surface area contributed by atoms with E-state index in [1.54, 1.807) is 13.4 Å². The summed E-state index contributed by atoms with van der Waals surface area (Å²) in [7, 11) is 1.65. The van der Waals surface area contributed by atoms with E-state index in [2.05, 4.69) is 10.3 Å². The topological polar surface area (TPSA) is 72.9 Å². The van der Waals surface area contributed by atoms with E-state index < -0.39 is 0 Å². The summed E-state index contributed by atoms with van der Waals surface area (Å²) in [5.74, 6) is 0.0808. The van der Waals surface area contributed by atoms with Crippen molar-refractivity contribution < 1.29 is 4.79 Å². The summed E-state index contributed by atoms with van der Waals surface area (Å²) in [5, 5.41) is 2.60. The first-order chi connectivity index (χ1) is 7.26. The van der Waals surface area contributed by atoms with Crippen LogP contribution >= 0.6 is 0 Å². The first-order valence-electron chi connectivity index (χ1n) is 5.17. The molecule has 0 unspecified atom stereocenters. The molecule has 5 nitrogen and oxygen atoms in total. The number of rotatable bonds is 6. The number of aryl methyl sites for hydroxylation is 1. The van der Waals surface area contributed by atoms with E-state index in [0.29, 0.717) is 13.0 Å². The molecule has 1 aromatic rings. The van der Waals surface area contributed by atoms with Crippen molar-refractivity contribution in [1.29, 1.82) is 0 Å². The molecule has 0 atom stereocenters. The zero-order valence-corrected chi connectivity index (χ0v) is 9.07. The van der Waals surface area contributed by atoms with Crippen LogP contribution in [0.1, 0.15) is 18.5 Å². The Bertz CT molecular complexity index is 308. The van der Waals surface area contributed by atoms with E-state index >= 15 is 0 Å². The Hall–Kier alpha value is -1.36. The van der Waals surface area contributed by atoms with Gasteiger partial charge in [0.05, 0.1) is 12.0 Å². The Labute approximate surface area is 89.7 Å². The average Bonchev–Trinajstić information content (AvgIpc) is 2.66. The second-order valence-corrected chi connectivity index (χ2v) is 3.42. The Kier molecular flexibility index (Phi) is 4.83. The molecule has 1 aromatic heterocycles.